The molecular formula is C18H27N9O4. The van der Waals surface area contributed by atoms with E-state index in [0.717, 1.165) is 0 Å². The van der Waals surface area contributed by atoms with E-state index in [1.165, 1.54) is 17.9 Å². The van der Waals surface area contributed by atoms with E-state index in [1.54, 1.807) is 11.9 Å². The molecule has 31 heavy (non-hydrogen) atoms. The number of aromatic amines is 1. The number of H-pyrrole nitrogens is 1. The monoisotopic (exact) mass is 433 g/mol. The van der Waals surface area contributed by atoms with Crippen molar-refractivity contribution < 1.29 is 14.4 Å². The second-order valence-corrected chi connectivity index (χ2v) is 7.12. The van der Waals surface area contributed by atoms with Gasteiger partial charge < -0.3 is 25.8 Å². The summed E-state index contributed by atoms with van der Waals surface area (Å²) in [7, 11) is 3.20. The molecule has 168 valence electrons. The summed E-state index contributed by atoms with van der Waals surface area (Å²) in [4.78, 5) is 59.1. The number of nitrogens with zero attached hydrogens (tertiary/aromatic N) is 5. The number of rotatable bonds is 4. The minimum Gasteiger partial charge on any atom is -0.354 e. The molecule has 0 spiro atoms. The molecule has 3 rings (SSSR count). The Morgan fingerprint density at radius 2 is 2.00 bits per heavy atom. The van der Waals surface area contributed by atoms with E-state index < -0.39 is 0 Å². The molecule has 2 aromatic heterocycles. The molecule has 2 aromatic rings. The normalized spacial score (nSPS) is 15.5. The van der Waals surface area contributed by atoms with Crippen molar-refractivity contribution in [3.63, 3.8) is 0 Å². The maximum Gasteiger partial charge on any atom is 0.314 e. The van der Waals surface area contributed by atoms with Gasteiger partial charge in [-0.1, -0.05) is 0 Å². The Kier molecular flexibility index (Phi) is 7.05. The Balaban J connectivity index is 1.74. The number of hydrogen-bond donors (Lipinski definition) is 4. The lowest BCUT2D eigenvalue weighted by Crippen LogP contribution is -2.46. The zero-order valence-electron chi connectivity index (χ0n) is 17.6. The molecule has 0 atom stereocenters. The number of hydrogen-bond acceptors (Lipinski definition) is 7. The van der Waals surface area contributed by atoms with Crippen molar-refractivity contribution in [1.82, 2.24) is 40.6 Å². The molecule has 4 amide bonds. The molecule has 13 nitrogen and oxygen atoms in total. The molecule has 3 heterocycles. The van der Waals surface area contributed by atoms with E-state index in [0.29, 0.717) is 43.2 Å². The molecule has 1 saturated heterocycles. The third-order valence-electron chi connectivity index (χ3n) is 5.05. The summed E-state index contributed by atoms with van der Waals surface area (Å²) in [6, 6.07) is -0.361. The maximum absolute atomic E-state index is 12.6. The summed E-state index contributed by atoms with van der Waals surface area (Å²) in [5.41, 5.74) is 0.149. The number of aryl methyl sites for hydroxylation is 1. The van der Waals surface area contributed by atoms with Gasteiger partial charge in [-0.2, -0.15) is 10.1 Å². The van der Waals surface area contributed by atoms with Crippen LogP contribution in [0.25, 0.3) is 11.0 Å². The van der Waals surface area contributed by atoms with Gasteiger partial charge in [-0.3, -0.25) is 24.0 Å². The maximum atomic E-state index is 12.6. The number of nitrogens with one attached hydrogen (secondary N) is 4. The third-order valence-corrected chi connectivity index (χ3v) is 5.05. The van der Waals surface area contributed by atoms with Gasteiger partial charge in [0.1, 0.15) is 5.39 Å². The lowest BCUT2D eigenvalue weighted by atomic mass is 10.2. The minimum atomic E-state index is -0.361. The van der Waals surface area contributed by atoms with Crippen LogP contribution in [-0.4, -0.2) is 88.8 Å². The van der Waals surface area contributed by atoms with Crippen molar-refractivity contribution in [2.45, 2.75) is 12.8 Å². The highest BCUT2D eigenvalue weighted by atomic mass is 16.2. The van der Waals surface area contributed by atoms with Crippen LogP contribution in [0.3, 0.4) is 0 Å². The first-order valence-corrected chi connectivity index (χ1v) is 10.1. The van der Waals surface area contributed by atoms with E-state index in [-0.39, 0.29) is 49.3 Å². The number of carbonyl (C=O) groups excluding carboxylic acids is 3. The average Bonchev–Trinajstić information content (AvgIpc) is 3.13. The van der Waals surface area contributed by atoms with E-state index >= 15 is 0 Å². The van der Waals surface area contributed by atoms with Crippen LogP contribution >= 0.6 is 0 Å². The zero-order valence-corrected chi connectivity index (χ0v) is 17.6. The van der Waals surface area contributed by atoms with Crippen molar-refractivity contribution in [3.05, 3.63) is 16.6 Å². The molecule has 13 heteroatoms. The van der Waals surface area contributed by atoms with Crippen molar-refractivity contribution in [3.8, 4) is 0 Å². The topological polar surface area (TPSA) is 157 Å². The predicted octanol–water partition coefficient (Wildman–Crippen LogP) is -1.87. The fraction of sp³-hybridized carbons (Fsp3) is 0.556. The summed E-state index contributed by atoms with van der Waals surface area (Å²) in [5, 5.41) is 12.3. The molecule has 0 aromatic carbocycles. The van der Waals surface area contributed by atoms with Crippen LogP contribution in [0.2, 0.25) is 0 Å². The molecule has 1 fully saturated rings. The molecular weight excluding hydrogens is 406 g/mol. The van der Waals surface area contributed by atoms with Crippen LogP contribution in [-0.2, 0) is 16.6 Å². The number of amides is 4. The average molecular weight is 433 g/mol. The molecule has 0 bridgehead atoms. The zero-order chi connectivity index (χ0) is 22.4. The summed E-state index contributed by atoms with van der Waals surface area (Å²) in [6.45, 7) is 2.02. The van der Waals surface area contributed by atoms with Crippen molar-refractivity contribution >= 4 is 34.8 Å². The Bertz CT molecular complexity index is 1020. The third kappa shape index (κ3) is 5.49. The van der Waals surface area contributed by atoms with Crippen LogP contribution in [0.1, 0.15) is 12.8 Å². The highest BCUT2D eigenvalue weighted by Gasteiger charge is 2.20. The van der Waals surface area contributed by atoms with Gasteiger partial charge in [0.25, 0.3) is 5.56 Å². The van der Waals surface area contributed by atoms with Crippen molar-refractivity contribution in [2.24, 2.45) is 7.05 Å². The van der Waals surface area contributed by atoms with Gasteiger partial charge in [0.05, 0.1) is 6.20 Å². The molecule has 1 aliphatic heterocycles. The van der Waals surface area contributed by atoms with Gasteiger partial charge in [0.2, 0.25) is 17.8 Å². The molecule has 0 saturated carbocycles. The smallest absolute Gasteiger partial charge is 0.314 e. The number of anilines is 1. The Labute approximate surface area is 178 Å². The van der Waals surface area contributed by atoms with Crippen molar-refractivity contribution in [1.29, 1.82) is 0 Å². The predicted molar refractivity (Wildman–Crippen MR) is 113 cm³/mol. The molecule has 4 N–H and O–H groups in total. The van der Waals surface area contributed by atoms with Gasteiger partial charge >= 0.3 is 6.03 Å². The van der Waals surface area contributed by atoms with Gasteiger partial charge in [0, 0.05) is 66.2 Å². The highest BCUT2D eigenvalue weighted by Crippen LogP contribution is 2.11. The number of fused-ring (bicyclic) bond motifs is 1. The summed E-state index contributed by atoms with van der Waals surface area (Å²) < 4.78 is 1.52. The largest absolute Gasteiger partial charge is 0.354 e. The van der Waals surface area contributed by atoms with Crippen LogP contribution in [0.15, 0.2) is 11.0 Å². The van der Waals surface area contributed by atoms with Crippen molar-refractivity contribution in [2.75, 3.05) is 51.2 Å². The van der Waals surface area contributed by atoms with E-state index in [4.69, 9.17) is 0 Å². The standard InChI is InChI=1S/C18H27N9O4/c1-19-18(31)21-5-3-14(29)26-7-4-13(28)20-6-8-27(10-9-26)17-23-15-12(16(30)24-17)11-22-25(15)2/h11H,3-10H2,1-2H3,(H,20,28)(H2,19,21,31)(H,23,24,30). The summed E-state index contributed by atoms with van der Waals surface area (Å²) >= 11 is 0. The lowest BCUT2D eigenvalue weighted by molar-refractivity contribution is -0.131. The second-order valence-electron chi connectivity index (χ2n) is 7.12. The number of carbonyl (C=O) groups is 3. The summed E-state index contributed by atoms with van der Waals surface area (Å²) in [5.74, 6) is 0.0181. The van der Waals surface area contributed by atoms with E-state index in [9.17, 15) is 19.2 Å². The van der Waals surface area contributed by atoms with E-state index in [2.05, 4.69) is 31.0 Å². The SMILES string of the molecule is CNC(=O)NCCC(=O)N1CCC(=O)NCCN(c2nc3c(cnn3C)c(=O)[nH]2)CC1. The molecule has 0 unspecified atom stereocenters. The highest BCUT2D eigenvalue weighted by molar-refractivity contribution is 5.80. The first-order chi connectivity index (χ1) is 14.9. The van der Waals surface area contributed by atoms with Crippen LogP contribution in [0.5, 0.6) is 0 Å². The lowest BCUT2D eigenvalue weighted by Gasteiger charge is -2.30. The van der Waals surface area contributed by atoms with Gasteiger partial charge in [-0.05, 0) is 0 Å². The van der Waals surface area contributed by atoms with E-state index in [1.807, 2.05) is 4.90 Å². The Hall–Kier alpha value is -3.64. The van der Waals surface area contributed by atoms with Crippen LogP contribution in [0.4, 0.5) is 10.7 Å². The fourth-order valence-electron chi connectivity index (χ4n) is 3.28. The summed E-state index contributed by atoms with van der Waals surface area (Å²) in [6.07, 6.45) is 1.77. The number of aromatic nitrogens is 4. The Morgan fingerprint density at radius 3 is 2.77 bits per heavy atom. The molecule has 0 aliphatic carbocycles. The van der Waals surface area contributed by atoms with Crippen LogP contribution in [0, 0.1) is 0 Å². The second kappa shape index (κ2) is 9.91. The van der Waals surface area contributed by atoms with Gasteiger partial charge in [-0.25, -0.2) is 4.79 Å². The van der Waals surface area contributed by atoms with Gasteiger partial charge in [0.15, 0.2) is 5.65 Å². The fourth-order valence-corrected chi connectivity index (χ4v) is 3.28. The number of urea groups is 1. The van der Waals surface area contributed by atoms with Crippen LogP contribution < -0.4 is 26.4 Å². The van der Waals surface area contributed by atoms with Gasteiger partial charge in [-0.15, -0.1) is 0 Å². The minimum absolute atomic E-state index is 0.116. The quantitative estimate of drug-likeness (QED) is 0.440. The molecule has 1 aliphatic rings. The Morgan fingerprint density at radius 1 is 1.19 bits per heavy atom. The first kappa shape index (κ1) is 22.1. The molecule has 0 radical (unpaired) electrons. The first-order valence-electron chi connectivity index (χ1n) is 10.1.